The van der Waals surface area contributed by atoms with Crippen molar-refractivity contribution in [3.63, 3.8) is 0 Å². The number of Topliss-reactive ketones (excluding diaryl/α,β-unsaturated/α-hetero) is 1. The molecule has 5 heterocycles. The Morgan fingerprint density at radius 2 is 1.80 bits per heavy atom. The Morgan fingerprint density at radius 1 is 1.07 bits per heavy atom. The summed E-state index contributed by atoms with van der Waals surface area (Å²) in [5.41, 5.74) is 11.5. The summed E-state index contributed by atoms with van der Waals surface area (Å²) in [5.74, 6) is -3.34. The van der Waals surface area contributed by atoms with Crippen LogP contribution in [0.1, 0.15) is 100 Å². The number of hydrogen-bond acceptors (Lipinski definition) is 8. The van der Waals surface area contributed by atoms with Gasteiger partial charge in [0.25, 0.3) is 0 Å². The van der Waals surface area contributed by atoms with Crippen LogP contribution < -0.4 is 0 Å². The van der Waals surface area contributed by atoms with Gasteiger partial charge < -0.3 is 19.6 Å². The van der Waals surface area contributed by atoms with E-state index in [1.165, 1.54) is 7.11 Å². The van der Waals surface area contributed by atoms with Crippen LogP contribution in [0.4, 0.5) is 0 Å². The average molecular weight is 595 g/mol. The van der Waals surface area contributed by atoms with Crippen molar-refractivity contribution in [1.82, 2.24) is 19.9 Å². The zero-order chi connectivity index (χ0) is 31.4. The Morgan fingerprint density at radius 3 is 2.48 bits per heavy atom. The van der Waals surface area contributed by atoms with Gasteiger partial charge in [0.2, 0.25) is 0 Å². The maximum Gasteiger partial charge on any atom is 0.342 e. The second kappa shape index (κ2) is 11.0. The summed E-state index contributed by atoms with van der Waals surface area (Å²) in [6.45, 7) is 12.1. The van der Waals surface area contributed by atoms with Gasteiger partial charge in [-0.1, -0.05) is 19.6 Å². The third-order valence-corrected chi connectivity index (χ3v) is 9.16. The highest BCUT2D eigenvalue weighted by atomic mass is 17.1. The molecule has 3 aromatic heterocycles. The maximum absolute atomic E-state index is 13.9. The number of H-pyrrole nitrogens is 2. The lowest BCUT2D eigenvalue weighted by Crippen LogP contribution is -2.21. The summed E-state index contributed by atoms with van der Waals surface area (Å²) in [6, 6.07) is 5.94. The second-order valence-electron chi connectivity index (χ2n) is 11.5. The molecule has 0 spiro atoms. The number of hydrogen-bond donors (Lipinski definition) is 3. The van der Waals surface area contributed by atoms with Crippen molar-refractivity contribution in [1.29, 1.82) is 0 Å². The summed E-state index contributed by atoms with van der Waals surface area (Å²) in [7, 11) is 1.26. The summed E-state index contributed by atoms with van der Waals surface area (Å²) < 4.78 is 5.11. The summed E-state index contributed by atoms with van der Waals surface area (Å²) >= 11 is 0. The highest BCUT2D eigenvalue weighted by Gasteiger charge is 2.44. The molecule has 1 aliphatic carbocycles. The minimum atomic E-state index is -1.20. The molecule has 1 unspecified atom stereocenters. The fourth-order valence-corrected chi connectivity index (χ4v) is 6.84. The van der Waals surface area contributed by atoms with Crippen LogP contribution in [0.2, 0.25) is 0 Å². The van der Waals surface area contributed by atoms with E-state index in [0.717, 1.165) is 56.6 Å². The lowest BCUT2D eigenvalue weighted by atomic mass is 9.89. The number of carbonyl (C=O) groups is 3. The summed E-state index contributed by atoms with van der Waals surface area (Å²) in [6.07, 6.45) is 3.25. The van der Waals surface area contributed by atoms with Gasteiger partial charge in [-0.15, -0.1) is 0 Å². The number of esters is 1. The number of carbonyl (C=O) groups excluding carboxylic acids is 3. The van der Waals surface area contributed by atoms with Crippen molar-refractivity contribution in [2.75, 3.05) is 7.11 Å². The van der Waals surface area contributed by atoms with Gasteiger partial charge in [0.15, 0.2) is 5.78 Å². The van der Waals surface area contributed by atoms with E-state index in [-0.39, 0.29) is 24.5 Å². The number of nitrogens with zero attached hydrogens (tertiary/aromatic N) is 2. The Labute approximate surface area is 253 Å². The van der Waals surface area contributed by atoms with Crippen LogP contribution >= 0.6 is 0 Å². The van der Waals surface area contributed by atoms with Crippen LogP contribution in [0.25, 0.3) is 39.3 Å². The standard InChI is InChI=1S/C34H34N4O6/c1-7-20-15(3)22-12-19-11-18(9-10-27(39)44-42)31(35-19)29-30(34(41)43-6)33(40)28-17(5)24(38-32(28)29)14-26-21(8-2)16(4)23(37-26)13-25(20)36-22/h7,12-14,18,30,36,38,42H,1,8-11H2,2-6H3/t18-,30?/m0/s1. The molecule has 3 N–H and O–H groups in total. The highest BCUT2D eigenvalue weighted by Crippen LogP contribution is 2.44. The third-order valence-electron chi connectivity index (χ3n) is 9.16. The molecule has 0 fully saturated rings. The Balaban J connectivity index is 1.77. The summed E-state index contributed by atoms with van der Waals surface area (Å²) in [4.78, 5) is 60.0. The molecule has 0 amide bonds. The number of aromatic amines is 2. The van der Waals surface area contributed by atoms with Crippen LogP contribution in [0, 0.1) is 13.8 Å². The van der Waals surface area contributed by atoms with Crippen LogP contribution in [0.15, 0.2) is 24.8 Å². The second-order valence-corrected chi connectivity index (χ2v) is 11.5. The molecule has 10 heteroatoms. The normalized spacial score (nSPS) is 17.3. The summed E-state index contributed by atoms with van der Waals surface area (Å²) in [5, 5.41) is 8.90. The van der Waals surface area contributed by atoms with Gasteiger partial charge in [-0.3, -0.25) is 14.6 Å². The van der Waals surface area contributed by atoms with Crippen LogP contribution in [-0.2, 0) is 25.6 Å². The fourth-order valence-electron chi connectivity index (χ4n) is 6.84. The molecular weight excluding hydrogens is 560 g/mol. The van der Waals surface area contributed by atoms with Gasteiger partial charge in [0.1, 0.15) is 5.92 Å². The number of allylic oxidation sites excluding steroid dienone is 2. The van der Waals surface area contributed by atoms with E-state index in [1.54, 1.807) is 0 Å². The lowest BCUT2D eigenvalue weighted by molar-refractivity contribution is -0.234. The zero-order valence-electron chi connectivity index (χ0n) is 25.4. The molecule has 6 rings (SSSR count). The minimum absolute atomic E-state index is 0.0710. The van der Waals surface area contributed by atoms with E-state index in [0.29, 0.717) is 40.0 Å². The van der Waals surface area contributed by atoms with Crippen molar-refractivity contribution < 1.29 is 29.3 Å². The highest BCUT2D eigenvalue weighted by molar-refractivity contribution is 6.23. The largest absolute Gasteiger partial charge is 0.468 e. The number of aromatic nitrogens is 4. The molecule has 0 aromatic carbocycles. The molecule has 3 aliphatic rings. The fraction of sp³-hybridized carbons (Fsp3) is 0.324. The topological polar surface area (TPSA) is 147 Å². The van der Waals surface area contributed by atoms with Gasteiger partial charge in [0, 0.05) is 51.3 Å². The molecular formula is C34H34N4O6. The first kappa shape index (κ1) is 29.3. The van der Waals surface area contributed by atoms with Gasteiger partial charge >= 0.3 is 11.9 Å². The van der Waals surface area contributed by atoms with Crippen LogP contribution in [0.5, 0.6) is 0 Å². The molecule has 0 radical (unpaired) electrons. The van der Waals surface area contributed by atoms with E-state index in [2.05, 4.69) is 35.3 Å². The predicted octanol–water partition coefficient (Wildman–Crippen LogP) is 6.49. The SMILES string of the molecule is C=Cc1c(C)c2cc3nc(c4c5[nH]c(cc6nc(cc1[nH]2)C(C)=C6CC)c(C)c5C(=O)C4C(=O)OC)[C@@H](CCC(=O)OO)C3. The molecule has 0 saturated carbocycles. The van der Waals surface area contributed by atoms with Crippen molar-refractivity contribution in [3.8, 4) is 0 Å². The molecule has 226 valence electrons. The molecule has 8 bridgehead atoms. The molecule has 2 aliphatic heterocycles. The average Bonchev–Trinajstić information content (AvgIpc) is 3.77. The monoisotopic (exact) mass is 594 g/mol. The van der Waals surface area contributed by atoms with Crippen LogP contribution in [-0.4, -0.2) is 50.0 Å². The van der Waals surface area contributed by atoms with E-state index < -0.39 is 17.9 Å². The number of ketones is 1. The molecule has 2 atom stereocenters. The minimum Gasteiger partial charge on any atom is -0.468 e. The quantitative estimate of drug-likeness (QED) is 0.127. The number of rotatable bonds is 6. The third kappa shape index (κ3) is 4.48. The Hall–Kier alpha value is -4.83. The van der Waals surface area contributed by atoms with Crippen molar-refractivity contribution in [2.45, 2.75) is 65.2 Å². The molecule has 44 heavy (non-hydrogen) atoms. The van der Waals surface area contributed by atoms with E-state index in [4.69, 9.17) is 20.0 Å². The molecule has 3 aromatic rings. The van der Waals surface area contributed by atoms with Gasteiger partial charge in [-0.05, 0) is 80.5 Å². The first-order valence-corrected chi connectivity index (χ1v) is 14.7. The van der Waals surface area contributed by atoms with Crippen molar-refractivity contribution >= 4 is 57.0 Å². The maximum atomic E-state index is 13.9. The van der Waals surface area contributed by atoms with E-state index >= 15 is 0 Å². The number of methoxy groups -OCH3 is 1. The van der Waals surface area contributed by atoms with Crippen molar-refractivity contribution in [3.05, 3.63) is 75.4 Å². The van der Waals surface area contributed by atoms with E-state index in [1.807, 2.05) is 38.1 Å². The Bertz CT molecular complexity index is 1980. The van der Waals surface area contributed by atoms with Gasteiger partial charge in [0.05, 0.1) is 29.7 Å². The van der Waals surface area contributed by atoms with Crippen LogP contribution in [0.3, 0.4) is 0 Å². The zero-order valence-corrected chi connectivity index (χ0v) is 25.4. The predicted molar refractivity (Wildman–Crippen MR) is 167 cm³/mol. The van der Waals surface area contributed by atoms with Gasteiger partial charge in [-0.25, -0.2) is 9.78 Å². The first-order chi connectivity index (χ1) is 21.1. The van der Waals surface area contributed by atoms with Crippen molar-refractivity contribution in [2.24, 2.45) is 0 Å². The smallest absolute Gasteiger partial charge is 0.342 e. The lowest BCUT2D eigenvalue weighted by Gasteiger charge is -2.14. The van der Waals surface area contributed by atoms with Gasteiger partial charge in [-0.2, -0.15) is 5.26 Å². The number of fused-ring (bicyclic) bond motifs is 8. The number of nitrogens with one attached hydrogen (secondary N) is 2. The first-order valence-electron chi connectivity index (χ1n) is 14.7. The van der Waals surface area contributed by atoms with E-state index in [9.17, 15) is 14.4 Å². The molecule has 10 nitrogen and oxygen atoms in total. The Kier molecular flexibility index (Phi) is 7.33. The number of ether oxygens (including phenoxy) is 1. The molecule has 0 saturated heterocycles. The number of aryl methyl sites for hydroxylation is 2.